The summed E-state index contributed by atoms with van der Waals surface area (Å²) >= 11 is 0. The highest BCUT2D eigenvalue weighted by Gasteiger charge is 2.00. The molecule has 0 aromatic heterocycles. The lowest BCUT2D eigenvalue weighted by molar-refractivity contribution is -0.143. The fourth-order valence-electron chi connectivity index (χ4n) is 3.57. The molecule has 0 spiro atoms. The van der Waals surface area contributed by atoms with Crippen molar-refractivity contribution < 1.29 is 9.53 Å². The van der Waals surface area contributed by atoms with E-state index in [-0.39, 0.29) is 5.97 Å². The topological polar surface area (TPSA) is 26.3 Å². The van der Waals surface area contributed by atoms with Crippen LogP contribution in [0.2, 0.25) is 0 Å². The number of rotatable bonds is 24. The standard InChI is InChI=1S/C31H54O2/c1-3-5-7-9-11-13-15-17-18-20-22-24-26-28-30-33-31(32)29-27-25-23-21-19-16-14-12-10-8-6-4-2/h11,13,18,20-24H,3-10,12,14-17,19,25-30H2,1-2H3/b13-11-,20-18+,23-21+,24-22+. The average molecular weight is 459 g/mol. The highest BCUT2D eigenvalue weighted by molar-refractivity contribution is 5.69. The minimum atomic E-state index is -0.0536. The Morgan fingerprint density at radius 2 is 0.970 bits per heavy atom. The molecule has 0 heterocycles. The third-order valence-corrected chi connectivity index (χ3v) is 5.70. The van der Waals surface area contributed by atoms with Crippen molar-refractivity contribution in [2.45, 2.75) is 136 Å². The van der Waals surface area contributed by atoms with E-state index in [2.05, 4.69) is 62.5 Å². The first kappa shape index (κ1) is 31.4. The van der Waals surface area contributed by atoms with E-state index in [9.17, 15) is 4.79 Å². The minimum absolute atomic E-state index is 0.0536. The smallest absolute Gasteiger partial charge is 0.305 e. The van der Waals surface area contributed by atoms with E-state index in [0.717, 1.165) is 38.5 Å². The van der Waals surface area contributed by atoms with Gasteiger partial charge in [0.15, 0.2) is 0 Å². The van der Waals surface area contributed by atoms with Gasteiger partial charge in [-0.25, -0.2) is 0 Å². The van der Waals surface area contributed by atoms with E-state index < -0.39 is 0 Å². The molecule has 190 valence electrons. The summed E-state index contributed by atoms with van der Waals surface area (Å²) in [6.07, 6.45) is 40.1. The summed E-state index contributed by atoms with van der Waals surface area (Å²) < 4.78 is 5.33. The number of hydrogen-bond donors (Lipinski definition) is 0. The Hall–Kier alpha value is -1.57. The van der Waals surface area contributed by atoms with Gasteiger partial charge in [-0.3, -0.25) is 4.79 Å². The molecule has 0 fully saturated rings. The summed E-state index contributed by atoms with van der Waals surface area (Å²) in [6, 6.07) is 0. The van der Waals surface area contributed by atoms with Crippen molar-refractivity contribution in [3.05, 3.63) is 48.6 Å². The fourth-order valence-corrected chi connectivity index (χ4v) is 3.57. The normalized spacial score (nSPS) is 12.2. The number of allylic oxidation sites excluding steroid dienone is 8. The SMILES string of the molecule is CCCCC/C=C\CC/C=C/C=C/CCCOC(=O)CCC/C=C/CCCCCCCCC. The van der Waals surface area contributed by atoms with Gasteiger partial charge in [0.05, 0.1) is 6.61 Å². The first-order valence-electron chi connectivity index (χ1n) is 14.1. The molecule has 0 aromatic rings. The molecule has 0 aromatic carbocycles. The Kier molecular flexibility index (Phi) is 27.1. The molecule has 0 aliphatic carbocycles. The molecule has 0 saturated heterocycles. The summed E-state index contributed by atoms with van der Waals surface area (Å²) in [4.78, 5) is 11.8. The number of ether oxygens (including phenoxy) is 1. The molecular formula is C31H54O2. The van der Waals surface area contributed by atoms with E-state index in [4.69, 9.17) is 4.74 Å². The van der Waals surface area contributed by atoms with Crippen LogP contribution in [0.1, 0.15) is 136 Å². The monoisotopic (exact) mass is 458 g/mol. The van der Waals surface area contributed by atoms with Gasteiger partial charge in [0.25, 0.3) is 0 Å². The van der Waals surface area contributed by atoms with Gasteiger partial charge in [-0.1, -0.05) is 114 Å². The van der Waals surface area contributed by atoms with Gasteiger partial charge in [0, 0.05) is 6.42 Å². The van der Waals surface area contributed by atoms with Crippen molar-refractivity contribution in [1.82, 2.24) is 0 Å². The molecule has 0 saturated carbocycles. The zero-order valence-corrected chi connectivity index (χ0v) is 22.1. The van der Waals surface area contributed by atoms with Crippen LogP contribution in [-0.4, -0.2) is 12.6 Å². The number of carbonyl (C=O) groups is 1. The van der Waals surface area contributed by atoms with E-state index in [1.807, 2.05) is 0 Å². The second-order valence-corrected chi connectivity index (χ2v) is 9.04. The molecule has 2 heteroatoms. The third-order valence-electron chi connectivity index (χ3n) is 5.70. The first-order chi connectivity index (χ1) is 16.3. The average Bonchev–Trinajstić information content (AvgIpc) is 2.82. The summed E-state index contributed by atoms with van der Waals surface area (Å²) in [7, 11) is 0. The van der Waals surface area contributed by atoms with E-state index in [0.29, 0.717) is 13.0 Å². The minimum Gasteiger partial charge on any atom is -0.466 e. The molecule has 0 amide bonds. The Labute approximate surface area is 206 Å². The lowest BCUT2D eigenvalue weighted by Crippen LogP contribution is -2.05. The fraction of sp³-hybridized carbons (Fsp3) is 0.710. The molecular weight excluding hydrogens is 404 g/mol. The Balaban J connectivity index is 3.40. The van der Waals surface area contributed by atoms with Gasteiger partial charge in [0.1, 0.15) is 0 Å². The summed E-state index contributed by atoms with van der Waals surface area (Å²) in [5, 5.41) is 0. The molecule has 0 rings (SSSR count). The van der Waals surface area contributed by atoms with Crippen molar-refractivity contribution in [2.75, 3.05) is 6.61 Å². The van der Waals surface area contributed by atoms with Gasteiger partial charge in [0.2, 0.25) is 0 Å². The lowest BCUT2D eigenvalue weighted by Gasteiger charge is -2.02. The number of esters is 1. The third kappa shape index (κ3) is 28.4. The van der Waals surface area contributed by atoms with E-state index >= 15 is 0 Å². The van der Waals surface area contributed by atoms with E-state index in [1.165, 1.54) is 77.0 Å². The van der Waals surface area contributed by atoms with Crippen molar-refractivity contribution in [2.24, 2.45) is 0 Å². The lowest BCUT2D eigenvalue weighted by atomic mass is 10.1. The van der Waals surface area contributed by atoms with Crippen molar-refractivity contribution in [3.63, 3.8) is 0 Å². The van der Waals surface area contributed by atoms with Crippen molar-refractivity contribution >= 4 is 5.97 Å². The maximum Gasteiger partial charge on any atom is 0.305 e. The van der Waals surface area contributed by atoms with Crippen molar-refractivity contribution in [3.8, 4) is 0 Å². The highest BCUT2D eigenvalue weighted by Crippen LogP contribution is 2.09. The predicted octanol–water partition coefficient (Wildman–Crippen LogP) is 10.2. The molecule has 0 bridgehead atoms. The number of hydrogen-bond acceptors (Lipinski definition) is 2. The molecule has 0 aliphatic rings. The van der Waals surface area contributed by atoms with Gasteiger partial charge < -0.3 is 4.74 Å². The Morgan fingerprint density at radius 3 is 1.67 bits per heavy atom. The molecule has 0 aliphatic heterocycles. The first-order valence-corrected chi connectivity index (χ1v) is 14.1. The van der Waals surface area contributed by atoms with Crippen LogP contribution in [0.15, 0.2) is 48.6 Å². The Bertz CT molecular complexity index is 513. The highest BCUT2D eigenvalue weighted by atomic mass is 16.5. The Morgan fingerprint density at radius 1 is 0.515 bits per heavy atom. The quantitative estimate of drug-likeness (QED) is 0.0622. The van der Waals surface area contributed by atoms with Crippen LogP contribution < -0.4 is 0 Å². The summed E-state index contributed by atoms with van der Waals surface area (Å²) in [5.41, 5.74) is 0. The second-order valence-electron chi connectivity index (χ2n) is 9.04. The van der Waals surface area contributed by atoms with E-state index in [1.54, 1.807) is 0 Å². The largest absolute Gasteiger partial charge is 0.466 e. The molecule has 0 atom stereocenters. The van der Waals surface area contributed by atoms with Gasteiger partial charge in [-0.15, -0.1) is 0 Å². The maximum absolute atomic E-state index is 11.8. The predicted molar refractivity (Wildman–Crippen MR) is 147 cm³/mol. The van der Waals surface area contributed by atoms with Crippen LogP contribution in [-0.2, 0) is 9.53 Å². The number of unbranched alkanes of at least 4 members (excludes halogenated alkanes) is 13. The number of carbonyl (C=O) groups excluding carboxylic acids is 1. The summed E-state index contributed by atoms with van der Waals surface area (Å²) in [6.45, 7) is 5.04. The van der Waals surface area contributed by atoms with Crippen LogP contribution in [0.5, 0.6) is 0 Å². The molecule has 2 nitrogen and oxygen atoms in total. The van der Waals surface area contributed by atoms with Gasteiger partial charge in [-0.2, -0.15) is 0 Å². The summed E-state index contributed by atoms with van der Waals surface area (Å²) in [5.74, 6) is -0.0536. The molecule has 0 unspecified atom stereocenters. The van der Waals surface area contributed by atoms with Crippen LogP contribution in [0.3, 0.4) is 0 Å². The molecule has 0 radical (unpaired) electrons. The van der Waals surface area contributed by atoms with Gasteiger partial charge >= 0.3 is 5.97 Å². The zero-order valence-electron chi connectivity index (χ0n) is 22.1. The van der Waals surface area contributed by atoms with Crippen LogP contribution >= 0.6 is 0 Å². The zero-order chi connectivity index (χ0) is 24.1. The van der Waals surface area contributed by atoms with Gasteiger partial charge in [-0.05, 0) is 64.2 Å². The van der Waals surface area contributed by atoms with Crippen molar-refractivity contribution in [1.29, 1.82) is 0 Å². The second kappa shape index (κ2) is 28.5. The van der Waals surface area contributed by atoms with Crippen LogP contribution in [0, 0.1) is 0 Å². The van der Waals surface area contributed by atoms with Crippen LogP contribution in [0.4, 0.5) is 0 Å². The molecule has 0 N–H and O–H groups in total. The van der Waals surface area contributed by atoms with Crippen LogP contribution in [0.25, 0.3) is 0 Å². The molecule has 33 heavy (non-hydrogen) atoms. The maximum atomic E-state index is 11.8.